The molecule has 0 radical (unpaired) electrons. The van der Waals surface area contributed by atoms with Gasteiger partial charge in [0.2, 0.25) is 10.0 Å². The summed E-state index contributed by atoms with van der Waals surface area (Å²) in [4.78, 5) is 6.56. The summed E-state index contributed by atoms with van der Waals surface area (Å²) in [5.74, 6) is 0. The minimum atomic E-state index is -3.64. The maximum absolute atomic E-state index is 12.8. The van der Waals surface area contributed by atoms with Crippen LogP contribution in [0.2, 0.25) is 10.0 Å². The number of rotatable bonds is 4. The molecule has 0 aliphatic carbocycles. The minimum absolute atomic E-state index is 0.0647. The maximum atomic E-state index is 12.8. The van der Waals surface area contributed by atoms with E-state index < -0.39 is 10.0 Å². The van der Waals surface area contributed by atoms with Gasteiger partial charge in [0.05, 0.1) is 10.7 Å². The van der Waals surface area contributed by atoms with E-state index in [0.717, 1.165) is 5.69 Å². The van der Waals surface area contributed by atoms with Gasteiger partial charge in [0, 0.05) is 43.9 Å². The number of piperazine rings is 1. The maximum Gasteiger partial charge on any atom is 0.244 e. The summed E-state index contributed by atoms with van der Waals surface area (Å²) in [6.45, 7) is 2.84. The van der Waals surface area contributed by atoms with E-state index in [0.29, 0.717) is 37.7 Å². The van der Waals surface area contributed by atoms with Gasteiger partial charge in [0.25, 0.3) is 0 Å². The van der Waals surface area contributed by atoms with Crippen molar-refractivity contribution in [1.29, 1.82) is 0 Å². The van der Waals surface area contributed by atoms with Crippen molar-refractivity contribution in [2.75, 3.05) is 26.2 Å². The second-order valence-electron chi connectivity index (χ2n) is 5.58. The van der Waals surface area contributed by atoms with Gasteiger partial charge < -0.3 is 0 Å². The standard InChI is InChI=1S/C16H17Cl2N3O2S/c17-13-4-5-15(18)16(11-13)24(22,23)21-9-7-20(8-10-21)12-14-3-1-2-6-19-14/h1-6,11H,7-10,12H2. The van der Waals surface area contributed by atoms with Gasteiger partial charge in [-0.25, -0.2) is 8.42 Å². The van der Waals surface area contributed by atoms with Crippen LogP contribution in [0.3, 0.4) is 0 Å². The van der Waals surface area contributed by atoms with Gasteiger partial charge in [-0.2, -0.15) is 4.31 Å². The highest BCUT2D eigenvalue weighted by Gasteiger charge is 2.30. The third kappa shape index (κ3) is 3.90. The van der Waals surface area contributed by atoms with Gasteiger partial charge in [0.1, 0.15) is 4.90 Å². The average Bonchev–Trinajstić information content (AvgIpc) is 2.58. The van der Waals surface area contributed by atoms with Crippen LogP contribution in [-0.4, -0.2) is 48.8 Å². The first kappa shape index (κ1) is 17.6. The Balaban J connectivity index is 1.68. The van der Waals surface area contributed by atoms with Crippen LogP contribution in [0.5, 0.6) is 0 Å². The summed E-state index contributed by atoms with van der Waals surface area (Å²) in [7, 11) is -3.64. The van der Waals surface area contributed by atoms with Crippen molar-refractivity contribution in [3.63, 3.8) is 0 Å². The fourth-order valence-corrected chi connectivity index (χ4v) is 4.82. The number of nitrogens with zero attached hydrogens (tertiary/aromatic N) is 3. The Bertz CT molecular complexity index is 807. The topological polar surface area (TPSA) is 53.5 Å². The first-order chi connectivity index (χ1) is 11.5. The molecule has 5 nitrogen and oxygen atoms in total. The fourth-order valence-electron chi connectivity index (χ4n) is 2.66. The lowest BCUT2D eigenvalue weighted by Gasteiger charge is -2.33. The van der Waals surface area contributed by atoms with Gasteiger partial charge in [0.15, 0.2) is 0 Å². The second-order valence-corrected chi connectivity index (χ2v) is 8.33. The van der Waals surface area contributed by atoms with Crippen molar-refractivity contribution in [1.82, 2.24) is 14.2 Å². The van der Waals surface area contributed by atoms with Crippen LogP contribution in [0.1, 0.15) is 5.69 Å². The number of halogens is 2. The van der Waals surface area contributed by atoms with Crippen molar-refractivity contribution < 1.29 is 8.42 Å². The molecule has 8 heteroatoms. The van der Waals surface area contributed by atoms with Gasteiger partial charge >= 0.3 is 0 Å². The summed E-state index contributed by atoms with van der Waals surface area (Å²) < 4.78 is 27.0. The van der Waals surface area contributed by atoms with E-state index in [-0.39, 0.29) is 9.92 Å². The molecule has 0 bridgehead atoms. The van der Waals surface area contributed by atoms with Gasteiger partial charge in [-0.05, 0) is 30.3 Å². The molecule has 0 spiro atoms. The Labute approximate surface area is 151 Å². The minimum Gasteiger partial charge on any atom is -0.295 e. The number of hydrogen-bond acceptors (Lipinski definition) is 4. The number of aromatic nitrogens is 1. The van der Waals surface area contributed by atoms with Crippen LogP contribution in [0, 0.1) is 0 Å². The molecule has 24 heavy (non-hydrogen) atoms. The molecule has 3 rings (SSSR count). The van der Waals surface area contributed by atoms with E-state index in [1.54, 1.807) is 12.3 Å². The molecule has 1 aliphatic rings. The molecule has 1 fully saturated rings. The number of hydrogen-bond donors (Lipinski definition) is 0. The zero-order valence-electron chi connectivity index (χ0n) is 12.9. The molecule has 2 heterocycles. The molecule has 0 amide bonds. The molecule has 128 valence electrons. The molecule has 1 aromatic heterocycles. The first-order valence-electron chi connectivity index (χ1n) is 7.54. The van der Waals surface area contributed by atoms with Crippen molar-refractivity contribution in [2.24, 2.45) is 0 Å². The highest BCUT2D eigenvalue weighted by atomic mass is 35.5. The van der Waals surface area contributed by atoms with E-state index >= 15 is 0 Å². The lowest BCUT2D eigenvalue weighted by Crippen LogP contribution is -2.48. The molecule has 1 aromatic carbocycles. The van der Waals surface area contributed by atoms with E-state index in [4.69, 9.17) is 23.2 Å². The van der Waals surface area contributed by atoms with Crippen molar-refractivity contribution in [3.05, 3.63) is 58.3 Å². The summed E-state index contributed by atoms with van der Waals surface area (Å²) >= 11 is 12.0. The zero-order chi connectivity index (χ0) is 17.2. The normalized spacial score (nSPS) is 17.1. The van der Waals surface area contributed by atoms with Crippen molar-refractivity contribution in [2.45, 2.75) is 11.4 Å². The molecular weight excluding hydrogens is 369 g/mol. The molecular formula is C16H17Cl2N3O2S. The van der Waals surface area contributed by atoms with E-state index in [2.05, 4.69) is 9.88 Å². The van der Waals surface area contributed by atoms with E-state index in [1.165, 1.54) is 16.4 Å². The lowest BCUT2D eigenvalue weighted by molar-refractivity contribution is 0.180. The summed E-state index contributed by atoms with van der Waals surface area (Å²) in [5.41, 5.74) is 0.978. The monoisotopic (exact) mass is 385 g/mol. The highest BCUT2D eigenvalue weighted by Crippen LogP contribution is 2.28. The Morgan fingerprint density at radius 2 is 1.79 bits per heavy atom. The number of pyridine rings is 1. The molecule has 2 aromatic rings. The van der Waals surface area contributed by atoms with Crippen LogP contribution < -0.4 is 0 Å². The van der Waals surface area contributed by atoms with Gasteiger partial charge in [-0.1, -0.05) is 29.3 Å². The number of benzene rings is 1. The Kier molecular flexibility index (Phi) is 5.42. The van der Waals surface area contributed by atoms with E-state index in [1.807, 2.05) is 18.2 Å². The summed E-state index contributed by atoms with van der Waals surface area (Å²) in [6.07, 6.45) is 1.76. The predicted octanol–water partition coefficient (Wildman–Crippen LogP) is 2.89. The Morgan fingerprint density at radius 3 is 2.46 bits per heavy atom. The number of sulfonamides is 1. The van der Waals surface area contributed by atoms with Crippen molar-refractivity contribution >= 4 is 33.2 Å². The molecule has 0 saturated carbocycles. The summed E-state index contributed by atoms with van der Waals surface area (Å²) in [6, 6.07) is 10.3. The average molecular weight is 386 g/mol. The SMILES string of the molecule is O=S(=O)(c1cc(Cl)ccc1Cl)N1CCN(Cc2ccccn2)CC1. The fraction of sp³-hybridized carbons (Fsp3) is 0.312. The predicted molar refractivity (Wildman–Crippen MR) is 94.7 cm³/mol. The zero-order valence-corrected chi connectivity index (χ0v) is 15.2. The van der Waals surface area contributed by atoms with Gasteiger partial charge in [-0.15, -0.1) is 0 Å². The van der Waals surface area contributed by atoms with Crippen LogP contribution in [0.15, 0.2) is 47.5 Å². The smallest absolute Gasteiger partial charge is 0.244 e. The van der Waals surface area contributed by atoms with Crippen LogP contribution >= 0.6 is 23.2 Å². The highest BCUT2D eigenvalue weighted by molar-refractivity contribution is 7.89. The third-order valence-corrected chi connectivity index (χ3v) is 6.57. The first-order valence-corrected chi connectivity index (χ1v) is 9.74. The van der Waals surface area contributed by atoms with Gasteiger partial charge in [-0.3, -0.25) is 9.88 Å². The van der Waals surface area contributed by atoms with Crippen LogP contribution in [0.25, 0.3) is 0 Å². The third-order valence-electron chi connectivity index (χ3n) is 3.95. The molecule has 1 aliphatic heterocycles. The molecule has 0 N–H and O–H groups in total. The van der Waals surface area contributed by atoms with E-state index in [9.17, 15) is 8.42 Å². The lowest BCUT2D eigenvalue weighted by atomic mass is 10.3. The molecule has 0 unspecified atom stereocenters. The second kappa shape index (κ2) is 7.37. The Hall–Kier alpha value is -1.18. The van der Waals surface area contributed by atoms with Crippen LogP contribution in [0.4, 0.5) is 0 Å². The molecule has 0 atom stereocenters. The van der Waals surface area contributed by atoms with Crippen LogP contribution in [-0.2, 0) is 16.6 Å². The summed E-state index contributed by atoms with van der Waals surface area (Å²) in [5, 5.41) is 0.544. The largest absolute Gasteiger partial charge is 0.295 e. The molecule has 1 saturated heterocycles. The quantitative estimate of drug-likeness (QED) is 0.811. The Morgan fingerprint density at radius 1 is 1.04 bits per heavy atom. The van der Waals surface area contributed by atoms with Crippen molar-refractivity contribution in [3.8, 4) is 0 Å².